The summed E-state index contributed by atoms with van der Waals surface area (Å²) in [6, 6.07) is 17.1. The third-order valence-electron chi connectivity index (χ3n) is 4.93. The van der Waals surface area contributed by atoms with E-state index in [-0.39, 0.29) is 18.0 Å². The summed E-state index contributed by atoms with van der Waals surface area (Å²) in [6.45, 7) is 1.79. The molecule has 0 unspecified atom stereocenters. The average molecular weight is 381 g/mol. The summed E-state index contributed by atoms with van der Waals surface area (Å²) in [4.78, 5) is 26.1. The highest BCUT2D eigenvalue weighted by Crippen LogP contribution is 2.14. The topological polar surface area (TPSA) is 81.7 Å². The number of aliphatic hydroxyl groups is 1. The molecule has 3 N–H and O–H groups in total. The van der Waals surface area contributed by atoms with Gasteiger partial charge in [0, 0.05) is 25.3 Å². The zero-order chi connectivity index (χ0) is 19.8. The van der Waals surface area contributed by atoms with E-state index in [1.54, 1.807) is 17.0 Å². The second-order valence-corrected chi connectivity index (χ2v) is 7.10. The number of piperidine rings is 1. The molecular weight excluding hydrogens is 354 g/mol. The number of nitrogens with one attached hydrogen (secondary N) is 2. The number of nitrogens with zero attached hydrogens (tertiary/aromatic N) is 1. The van der Waals surface area contributed by atoms with Crippen LogP contribution in [0, 0.1) is 0 Å². The van der Waals surface area contributed by atoms with Gasteiger partial charge in [0.1, 0.15) is 0 Å². The van der Waals surface area contributed by atoms with E-state index in [1.807, 2.05) is 42.5 Å². The molecule has 1 aliphatic heterocycles. The highest BCUT2D eigenvalue weighted by atomic mass is 16.3. The molecule has 3 rings (SSSR count). The molecule has 2 aromatic carbocycles. The predicted octanol–water partition coefficient (Wildman–Crippen LogP) is 2.58. The quantitative estimate of drug-likeness (QED) is 0.719. The Morgan fingerprint density at radius 1 is 0.964 bits per heavy atom. The maximum absolute atomic E-state index is 12.3. The molecule has 3 amide bonds. The molecule has 0 atom stereocenters. The van der Waals surface area contributed by atoms with Crippen molar-refractivity contribution in [3.05, 3.63) is 65.7 Å². The molecule has 1 heterocycles. The van der Waals surface area contributed by atoms with Gasteiger partial charge in [-0.15, -0.1) is 0 Å². The summed E-state index contributed by atoms with van der Waals surface area (Å²) in [7, 11) is 0. The third-order valence-corrected chi connectivity index (χ3v) is 4.93. The fourth-order valence-corrected chi connectivity index (χ4v) is 3.25. The van der Waals surface area contributed by atoms with Crippen LogP contribution in [0.25, 0.3) is 0 Å². The number of rotatable bonds is 6. The fraction of sp³-hybridized carbons (Fsp3) is 0.364. The molecule has 1 aliphatic rings. The largest absolute Gasteiger partial charge is 0.393 e. The minimum absolute atomic E-state index is 0.0752. The van der Waals surface area contributed by atoms with Crippen molar-refractivity contribution in [1.29, 1.82) is 0 Å². The van der Waals surface area contributed by atoms with Crippen molar-refractivity contribution in [2.75, 3.05) is 25.0 Å². The number of benzene rings is 2. The summed E-state index contributed by atoms with van der Waals surface area (Å²) in [6.07, 6.45) is 2.12. The summed E-state index contributed by atoms with van der Waals surface area (Å²) >= 11 is 0. The van der Waals surface area contributed by atoms with E-state index in [4.69, 9.17) is 0 Å². The van der Waals surface area contributed by atoms with Crippen LogP contribution in [0.3, 0.4) is 0 Å². The minimum Gasteiger partial charge on any atom is -0.393 e. The molecule has 0 spiro atoms. The maximum Gasteiger partial charge on any atom is 0.319 e. The lowest BCUT2D eigenvalue weighted by atomic mass is 10.1. The van der Waals surface area contributed by atoms with Crippen LogP contribution in [0.1, 0.15) is 24.0 Å². The van der Waals surface area contributed by atoms with Gasteiger partial charge in [-0.25, -0.2) is 4.79 Å². The molecule has 0 aromatic heterocycles. The number of hydrogen-bond donors (Lipinski definition) is 3. The van der Waals surface area contributed by atoms with Crippen molar-refractivity contribution in [2.45, 2.75) is 31.8 Å². The van der Waals surface area contributed by atoms with Crippen LogP contribution in [0.5, 0.6) is 0 Å². The van der Waals surface area contributed by atoms with Crippen LogP contribution in [0.4, 0.5) is 10.5 Å². The molecule has 2 aromatic rings. The van der Waals surface area contributed by atoms with Crippen LogP contribution in [0.2, 0.25) is 0 Å². The first-order chi connectivity index (χ1) is 13.6. The van der Waals surface area contributed by atoms with Gasteiger partial charge < -0.3 is 20.6 Å². The lowest BCUT2D eigenvalue weighted by Gasteiger charge is -2.29. The summed E-state index contributed by atoms with van der Waals surface area (Å²) in [5.74, 6) is 0.0752. The lowest BCUT2D eigenvalue weighted by Crippen LogP contribution is -2.40. The summed E-state index contributed by atoms with van der Waals surface area (Å²) in [5.41, 5.74) is 2.78. The van der Waals surface area contributed by atoms with Crippen LogP contribution >= 0.6 is 0 Å². The standard InChI is InChI=1S/C22H27N3O3/c26-20-11-14-25(15-12-20)21(27)16-18-6-8-19(9-7-18)24-22(28)23-13-10-17-4-2-1-3-5-17/h1-9,20,26H,10-16H2,(H2,23,24,28). The van der Waals surface area contributed by atoms with Gasteiger partial charge in [0.05, 0.1) is 12.5 Å². The van der Waals surface area contributed by atoms with Crippen LogP contribution in [0.15, 0.2) is 54.6 Å². The third kappa shape index (κ3) is 6.09. The lowest BCUT2D eigenvalue weighted by molar-refractivity contribution is -0.132. The highest BCUT2D eigenvalue weighted by Gasteiger charge is 2.21. The molecule has 0 radical (unpaired) electrons. The van der Waals surface area contributed by atoms with Gasteiger partial charge in [0.2, 0.25) is 5.91 Å². The first kappa shape index (κ1) is 19.9. The molecule has 1 fully saturated rings. The molecule has 0 aliphatic carbocycles. The Morgan fingerprint density at radius 2 is 1.64 bits per heavy atom. The average Bonchev–Trinajstić information content (AvgIpc) is 2.71. The van der Waals surface area contributed by atoms with Crippen molar-refractivity contribution in [1.82, 2.24) is 10.2 Å². The fourth-order valence-electron chi connectivity index (χ4n) is 3.25. The Morgan fingerprint density at radius 3 is 2.32 bits per heavy atom. The predicted molar refractivity (Wildman–Crippen MR) is 109 cm³/mol. The van der Waals surface area contributed by atoms with Crippen molar-refractivity contribution in [2.24, 2.45) is 0 Å². The number of likely N-dealkylation sites (tertiary alicyclic amines) is 1. The Hall–Kier alpha value is -2.86. The number of hydrogen-bond acceptors (Lipinski definition) is 3. The van der Waals surface area contributed by atoms with E-state index in [0.717, 1.165) is 12.0 Å². The Bertz CT molecular complexity index is 769. The Balaban J connectivity index is 1.41. The van der Waals surface area contributed by atoms with Crippen LogP contribution in [-0.2, 0) is 17.6 Å². The molecule has 28 heavy (non-hydrogen) atoms. The zero-order valence-electron chi connectivity index (χ0n) is 15.9. The normalized spacial score (nSPS) is 14.5. The van der Waals surface area contributed by atoms with Crippen molar-refractivity contribution < 1.29 is 14.7 Å². The number of aliphatic hydroxyl groups excluding tert-OH is 1. The monoisotopic (exact) mass is 381 g/mol. The number of urea groups is 1. The van der Waals surface area contributed by atoms with Gasteiger partial charge in [-0.2, -0.15) is 0 Å². The first-order valence-electron chi connectivity index (χ1n) is 9.74. The molecular formula is C22H27N3O3. The molecule has 0 saturated carbocycles. The Kier molecular flexibility index (Phi) is 7.03. The Labute approximate surface area is 165 Å². The van der Waals surface area contributed by atoms with E-state index in [1.165, 1.54) is 5.56 Å². The van der Waals surface area contributed by atoms with Crippen LogP contribution < -0.4 is 10.6 Å². The van der Waals surface area contributed by atoms with Gasteiger partial charge in [0.25, 0.3) is 0 Å². The summed E-state index contributed by atoms with van der Waals surface area (Å²) < 4.78 is 0. The van der Waals surface area contributed by atoms with Gasteiger partial charge in [0.15, 0.2) is 0 Å². The molecule has 148 valence electrons. The smallest absolute Gasteiger partial charge is 0.319 e. The molecule has 6 heteroatoms. The number of carbonyl (C=O) groups is 2. The number of anilines is 1. The van der Waals surface area contributed by atoms with Gasteiger partial charge >= 0.3 is 6.03 Å². The SMILES string of the molecule is O=C(NCCc1ccccc1)Nc1ccc(CC(=O)N2CCC(O)CC2)cc1. The number of amides is 3. The summed E-state index contributed by atoms with van der Waals surface area (Å²) in [5, 5.41) is 15.2. The van der Waals surface area contributed by atoms with E-state index >= 15 is 0 Å². The van der Waals surface area contributed by atoms with Gasteiger partial charge in [-0.05, 0) is 42.5 Å². The van der Waals surface area contributed by atoms with Crippen LogP contribution in [-0.4, -0.2) is 47.7 Å². The minimum atomic E-state index is -0.284. The van der Waals surface area contributed by atoms with Gasteiger partial charge in [-0.3, -0.25) is 4.79 Å². The van der Waals surface area contributed by atoms with Crippen molar-refractivity contribution in [3.63, 3.8) is 0 Å². The second kappa shape index (κ2) is 9.90. The van der Waals surface area contributed by atoms with E-state index in [0.29, 0.717) is 44.6 Å². The number of carbonyl (C=O) groups excluding carboxylic acids is 2. The molecule has 0 bridgehead atoms. The molecule has 1 saturated heterocycles. The highest BCUT2D eigenvalue weighted by molar-refractivity contribution is 5.89. The van der Waals surface area contributed by atoms with Gasteiger partial charge in [-0.1, -0.05) is 42.5 Å². The second-order valence-electron chi connectivity index (χ2n) is 7.10. The van der Waals surface area contributed by atoms with Crippen molar-refractivity contribution in [3.8, 4) is 0 Å². The van der Waals surface area contributed by atoms with E-state index in [2.05, 4.69) is 10.6 Å². The zero-order valence-corrected chi connectivity index (χ0v) is 15.9. The van der Waals surface area contributed by atoms with E-state index < -0.39 is 0 Å². The van der Waals surface area contributed by atoms with Crippen molar-refractivity contribution >= 4 is 17.6 Å². The first-order valence-corrected chi connectivity index (χ1v) is 9.74. The van der Waals surface area contributed by atoms with E-state index in [9.17, 15) is 14.7 Å². The molecule has 6 nitrogen and oxygen atoms in total. The maximum atomic E-state index is 12.3.